The van der Waals surface area contributed by atoms with Gasteiger partial charge in [-0.1, -0.05) is 36.4 Å². The van der Waals surface area contributed by atoms with Crippen molar-refractivity contribution in [3.8, 4) is 5.75 Å². The zero-order chi connectivity index (χ0) is 13.0. The summed E-state index contributed by atoms with van der Waals surface area (Å²) in [5.74, 6) is -0.387. The number of ether oxygens (including phenoxy) is 1. The second kappa shape index (κ2) is 5.51. The van der Waals surface area contributed by atoms with E-state index in [-0.39, 0.29) is 13.0 Å². The van der Waals surface area contributed by atoms with Gasteiger partial charge in [0.05, 0.1) is 12.5 Å². The summed E-state index contributed by atoms with van der Waals surface area (Å²) >= 11 is 0. The minimum absolute atomic E-state index is 0.0275. The second-order valence-corrected chi connectivity index (χ2v) is 4.04. The monoisotopic (exact) mass is 246 g/mol. The summed E-state index contributed by atoms with van der Waals surface area (Å²) in [6, 6.07) is 13.4. The fourth-order valence-corrected chi connectivity index (χ4v) is 1.77. The Morgan fingerprint density at radius 2 is 1.89 bits per heavy atom. The predicted molar refractivity (Wildman–Crippen MR) is 67.7 cm³/mol. The van der Waals surface area contributed by atoms with E-state index >= 15 is 0 Å². The van der Waals surface area contributed by atoms with E-state index in [9.17, 15) is 9.90 Å². The topological polar surface area (TPSA) is 66.8 Å². The molecule has 0 bridgehead atoms. The molecule has 0 heterocycles. The molecule has 2 rings (SSSR count). The Hall–Kier alpha value is -2.07. The van der Waals surface area contributed by atoms with Crippen LogP contribution in [0.5, 0.6) is 5.75 Å². The molecule has 2 aromatic rings. The molecular weight excluding hydrogens is 232 g/mol. The van der Waals surface area contributed by atoms with Crippen LogP contribution in [0.1, 0.15) is 6.42 Å². The Labute approximate surface area is 104 Å². The number of carboxylic acids is 1. The maximum Gasteiger partial charge on any atom is 0.306 e. The normalized spacial score (nSPS) is 12.3. The summed E-state index contributed by atoms with van der Waals surface area (Å²) in [6.07, 6.45) is -1.31. The van der Waals surface area contributed by atoms with Crippen molar-refractivity contribution < 1.29 is 19.7 Å². The Morgan fingerprint density at radius 1 is 1.17 bits per heavy atom. The van der Waals surface area contributed by atoms with Crippen LogP contribution < -0.4 is 4.74 Å². The fraction of sp³-hybridized carbons (Fsp3) is 0.214. The number of aliphatic hydroxyl groups is 1. The number of aliphatic carboxylic acids is 1. The SMILES string of the molecule is O=C(O)C[C@@H](O)COc1cccc2ccccc12. The molecule has 0 aliphatic carbocycles. The van der Waals surface area contributed by atoms with E-state index in [1.807, 2.05) is 36.4 Å². The van der Waals surface area contributed by atoms with E-state index in [0.717, 1.165) is 10.8 Å². The highest BCUT2D eigenvalue weighted by molar-refractivity contribution is 5.88. The van der Waals surface area contributed by atoms with Crippen molar-refractivity contribution in [2.24, 2.45) is 0 Å². The van der Waals surface area contributed by atoms with Crippen molar-refractivity contribution in [2.75, 3.05) is 6.61 Å². The summed E-state index contributed by atoms with van der Waals surface area (Å²) in [5, 5.41) is 20.0. The van der Waals surface area contributed by atoms with Gasteiger partial charge in [-0.15, -0.1) is 0 Å². The number of rotatable bonds is 5. The van der Waals surface area contributed by atoms with Crippen LogP contribution >= 0.6 is 0 Å². The van der Waals surface area contributed by atoms with Gasteiger partial charge in [-0.05, 0) is 11.5 Å². The summed E-state index contributed by atoms with van der Waals surface area (Å²) in [6.45, 7) is -0.0275. The highest BCUT2D eigenvalue weighted by Gasteiger charge is 2.11. The highest BCUT2D eigenvalue weighted by Crippen LogP contribution is 2.25. The van der Waals surface area contributed by atoms with Gasteiger partial charge in [0.25, 0.3) is 0 Å². The third-order valence-corrected chi connectivity index (χ3v) is 2.59. The molecule has 2 N–H and O–H groups in total. The molecule has 0 unspecified atom stereocenters. The minimum Gasteiger partial charge on any atom is -0.490 e. The predicted octanol–water partition coefficient (Wildman–Crippen LogP) is 2.05. The Morgan fingerprint density at radius 3 is 2.67 bits per heavy atom. The summed E-state index contributed by atoms with van der Waals surface area (Å²) in [4.78, 5) is 10.4. The molecule has 4 heteroatoms. The molecule has 0 aromatic heterocycles. The third-order valence-electron chi connectivity index (χ3n) is 2.59. The van der Waals surface area contributed by atoms with Crippen LogP contribution in [0.3, 0.4) is 0 Å². The maximum atomic E-state index is 10.4. The molecule has 4 nitrogen and oxygen atoms in total. The van der Waals surface area contributed by atoms with E-state index < -0.39 is 12.1 Å². The summed E-state index contributed by atoms with van der Waals surface area (Å²) < 4.78 is 5.47. The average molecular weight is 246 g/mol. The zero-order valence-corrected chi connectivity index (χ0v) is 9.74. The van der Waals surface area contributed by atoms with Gasteiger partial charge >= 0.3 is 5.97 Å². The van der Waals surface area contributed by atoms with Gasteiger partial charge in [0, 0.05) is 5.39 Å². The standard InChI is InChI=1S/C14H14O4/c15-11(8-14(16)17)9-18-13-7-3-5-10-4-1-2-6-12(10)13/h1-7,11,15H,8-9H2,(H,16,17)/t11-/m1/s1. The van der Waals surface area contributed by atoms with Crippen LogP contribution in [0.25, 0.3) is 10.8 Å². The Kier molecular flexibility index (Phi) is 3.79. The summed E-state index contributed by atoms with van der Waals surface area (Å²) in [7, 11) is 0. The van der Waals surface area contributed by atoms with Gasteiger partial charge < -0.3 is 14.9 Å². The molecule has 2 aromatic carbocycles. The highest BCUT2D eigenvalue weighted by atomic mass is 16.5. The Bertz CT molecular complexity index is 545. The van der Waals surface area contributed by atoms with Gasteiger partial charge in [0.2, 0.25) is 0 Å². The smallest absolute Gasteiger partial charge is 0.306 e. The number of fused-ring (bicyclic) bond motifs is 1. The molecule has 0 radical (unpaired) electrons. The number of carbonyl (C=O) groups is 1. The van der Waals surface area contributed by atoms with E-state index in [1.165, 1.54) is 0 Å². The quantitative estimate of drug-likeness (QED) is 0.847. The number of hydrogen-bond donors (Lipinski definition) is 2. The average Bonchev–Trinajstić information content (AvgIpc) is 2.35. The number of hydrogen-bond acceptors (Lipinski definition) is 3. The largest absolute Gasteiger partial charge is 0.490 e. The van der Waals surface area contributed by atoms with E-state index in [0.29, 0.717) is 5.75 Å². The van der Waals surface area contributed by atoms with E-state index in [1.54, 1.807) is 6.07 Å². The molecule has 94 valence electrons. The first-order valence-electron chi connectivity index (χ1n) is 5.67. The first-order chi connectivity index (χ1) is 8.66. The minimum atomic E-state index is -1.04. The van der Waals surface area contributed by atoms with Crippen LogP contribution in [0.2, 0.25) is 0 Å². The lowest BCUT2D eigenvalue weighted by atomic mass is 10.1. The lowest BCUT2D eigenvalue weighted by molar-refractivity contribution is -0.139. The van der Waals surface area contributed by atoms with Crippen molar-refractivity contribution in [3.05, 3.63) is 42.5 Å². The van der Waals surface area contributed by atoms with Crippen molar-refractivity contribution in [1.29, 1.82) is 0 Å². The molecule has 0 spiro atoms. The molecule has 0 amide bonds. The van der Waals surface area contributed by atoms with Crippen molar-refractivity contribution in [1.82, 2.24) is 0 Å². The molecule has 0 saturated carbocycles. The van der Waals surface area contributed by atoms with E-state index in [2.05, 4.69) is 0 Å². The van der Waals surface area contributed by atoms with Crippen LogP contribution in [0.15, 0.2) is 42.5 Å². The van der Waals surface area contributed by atoms with Gasteiger partial charge in [0.15, 0.2) is 0 Å². The van der Waals surface area contributed by atoms with Crippen LogP contribution in [-0.4, -0.2) is 28.9 Å². The second-order valence-electron chi connectivity index (χ2n) is 4.04. The molecule has 0 fully saturated rings. The number of aliphatic hydroxyl groups excluding tert-OH is 1. The molecule has 0 aliphatic rings. The van der Waals surface area contributed by atoms with Crippen molar-refractivity contribution in [2.45, 2.75) is 12.5 Å². The zero-order valence-electron chi connectivity index (χ0n) is 9.74. The van der Waals surface area contributed by atoms with Gasteiger partial charge in [-0.2, -0.15) is 0 Å². The number of carboxylic acid groups (broad SMARTS) is 1. The van der Waals surface area contributed by atoms with E-state index in [4.69, 9.17) is 9.84 Å². The molecular formula is C14H14O4. The lowest BCUT2D eigenvalue weighted by Gasteiger charge is -2.12. The van der Waals surface area contributed by atoms with Crippen molar-refractivity contribution >= 4 is 16.7 Å². The number of benzene rings is 2. The third kappa shape index (κ3) is 2.99. The van der Waals surface area contributed by atoms with Crippen LogP contribution in [-0.2, 0) is 4.79 Å². The van der Waals surface area contributed by atoms with Crippen LogP contribution in [0.4, 0.5) is 0 Å². The van der Waals surface area contributed by atoms with Gasteiger partial charge in [0.1, 0.15) is 12.4 Å². The molecule has 18 heavy (non-hydrogen) atoms. The summed E-state index contributed by atoms with van der Waals surface area (Å²) in [5.41, 5.74) is 0. The van der Waals surface area contributed by atoms with Gasteiger partial charge in [-0.25, -0.2) is 0 Å². The fourth-order valence-electron chi connectivity index (χ4n) is 1.77. The molecule has 0 saturated heterocycles. The van der Waals surface area contributed by atoms with Crippen molar-refractivity contribution in [3.63, 3.8) is 0 Å². The molecule has 0 aliphatic heterocycles. The first kappa shape index (κ1) is 12.4. The lowest BCUT2D eigenvalue weighted by Crippen LogP contribution is -2.21. The van der Waals surface area contributed by atoms with Crippen LogP contribution in [0, 0.1) is 0 Å². The van der Waals surface area contributed by atoms with Gasteiger partial charge in [-0.3, -0.25) is 4.79 Å². The maximum absolute atomic E-state index is 10.4. The first-order valence-corrected chi connectivity index (χ1v) is 5.67. The Balaban J connectivity index is 2.10. The molecule has 1 atom stereocenters.